The molecule has 0 aliphatic heterocycles. The normalized spacial score (nSPS) is 11.9. The molecule has 0 aliphatic carbocycles. The lowest BCUT2D eigenvalue weighted by Gasteiger charge is -2.19. The Morgan fingerprint density at radius 1 is 0.386 bits per heavy atom. The van der Waals surface area contributed by atoms with Crippen LogP contribution in [0.2, 0.25) is 0 Å². The van der Waals surface area contributed by atoms with Crippen LogP contribution in [0.15, 0.2) is 162 Å². The summed E-state index contributed by atoms with van der Waals surface area (Å²) in [6, 6.07) is 56.0. The van der Waals surface area contributed by atoms with E-state index in [1.165, 1.54) is 38.9 Å². The van der Waals surface area contributed by atoms with E-state index in [9.17, 15) is 0 Å². The minimum atomic E-state index is 0.0799. The number of benzene rings is 8. The highest BCUT2D eigenvalue weighted by atomic mass is 16.3. The minimum absolute atomic E-state index is 0.0799. The maximum Gasteiger partial charge on any atom is 0.167 e. The van der Waals surface area contributed by atoms with Crippen molar-refractivity contribution in [2.24, 2.45) is 0 Å². The summed E-state index contributed by atoms with van der Waals surface area (Å²) in [5.41, 5.74) is 12.9. The minimum Gasteiger partial charge on any atom is -0.455 e. The third-order valence-electron chi connectivity index (χ3n) is 11.2. The fourth-order valence-corrected chi connectivity index (χ4v) is 8.43. The fourth-order valence-electron chi connectivity index (χ4n) is 8.43. The maximum atomic E-state index is 6.55. The average molecular weight is 736 g/mol. The Hall–Kier alpha value is -6.91. The maximum absolute atomic E-state index is 6.55. The molecule has 0 saturated heterocycles. The first-order valence-electron chi connectivity index (χ1n) is 19.6. The van der Waals surface area contributed by atoms with Gasteiger partial charge in [0.25, 0.3) is 0 Å². The van der Waals surface area contributed by atoms with E-state index in [-0.39, 0.29) is 5.41 Å². The van der Waals surface area contributed by atoms with Crippen molar-refractivity contribution in [2.75, 3.05) is 0 Å². The van der Waals surface area contributed by atoms with Crippen LogP contribution in [0.5, 0.6) is 0 Å². The number of aryl methyl sites for hydroxylation is 2. The second kappa shape index (κ2) is 13.4. The van der Waals surface area contributed by atoms with Crippen molar-refractivity contribution in [3.05, 3.63) is 174 Å². The van der Waals surface area contributed by atoms with E-state index in [1.807, 2.05) is 18.2 Å². The highest BCUT2D eigenvalue weighted by Crippen LogP contribution is 2.41. The van der Waals surface area contributed by atoms with Crippen molar-refractivity contribution < 1.29 is 4.42 Å². The Morgan fingerprint density at radius 2 is 0.842 bits per heavy atom. The lowest BCUT2D eigenvalue weighted by Crippen LogP contribution is -2.10. The van der Waals surface area contributed by atoms with Gasteiger partial charge in [-0.1, -0.05) is 165 Å². The molecule has 0 N–H and O–H groups in total. The van der Waals surface area contributed by atoms with Gasteiger partial charge < -0.3 is 4.42 Å². The Labute approximate surface area is 332 Å². The van der Waals surface area contributed by atoms with Crippen LogP contribution in [0.4, 0.5) is 0 Å². The van der Waals surface area contributed by atoms with Gasteiger partial charge in [0.1, 0.15) is 11.2 Å². The lowest BCUT2D eigenvalue weighted by atomic mass is 9.85. The molecule has 0 atom stereocenters. The van der Waals surface area contributed by atoms with Gasteiger partial charge >= 0.3 is 0 Å². The predicted molar refractivity (Wildman–Crippen MR) is 237 cm³/mol. The van der Waals surface area contributed by atoms with Gasteiger partial charge in [-0.25, -0.2) is 15.0 Å². The molecule has 4 nitrogen and oxygen atoms in total. The topological polar surface area (TPSA) is 51.8 Å². The SMILES string of the molecule is Cc1cc(C)cc(-c2ccc(-c3nc(-c4ccc(-c5ccc(C(C)(C)C)cc5)c5ccccc45)nc(-c4cccc5c4oc4ccccc45)n3)c3ccccc23)c1. The smallest absolute Gasteiger partial charge is 0.167 e. The third-order valence-corrected chi connectivity index (χ3v) is 11.2. The van der Waals surface area contributed by atoms with Crippen LogP contribution >= 0.6 is 0 Å². The highest BCUT2D eigenvalue weighted by Gasteiger charge is 2.21. The first-order valence-corrected chi connectivity index (χ1v) is 19.6. The van der Waals surface area contributed by atoms with Crippen molar-refractivity contribution >= 4 is 43.5 Å². The zero-order chi connectivity index (χ0) is 38.8. The van der Waals surface area contributed by atoms with E-state index < -0.39 is 0 Å². The zero-order valence-corrected chi connectivity index (χ0v) is 32.8. The highest BCUT2D eigenvalue weighted by molar-refractivity contribution is 6.10. The molecule has 0 bridgehead atoms. The van der Waals surface area contributed by atoms with Gasteiger partial charge in [-0.2, -0.15) is 0 Å². The lowest BCUT2D eigenvalue weighted by molar-refractivity contribution is 0.590. The molecule has 0 radical (unpaired) electrons. The van der Waals surface area contributed by atoms with E-state index in [1.54, 1.807) is 0 Å². The Morgan fingerprint density at radius 3 is 1.40 bits per heavy atom. The van der Waals surface area contributed by atoms with Gasteiger partial charge in [0, 0.05) is 21.9 Å². The van der Waals surface area contributed by atoms with Crippen molar-refractivity contribution in [3.8, 4) is 56.4 Å². The largest absolute Gasteiger partial charge is 0.455 e. The molecule has 10 rings (SSSR count). The second-order valence-corrected chi connectivity index (χ2v) is 16.2. The molecule has 274 valence electrons. The quantitative estimate of drug-likeness (QED) is 0.177. The number of hydrogen-bond donors (Lipinski definition) is 0. The van der Waals surface area contributed by atoms with E-state index in [4.69, 9.17) is 19.4 Å². The first kappa shape index (κ1) is 34.6. The van der Waals surface area contributed by atoms with Crippen molar-refractivity contribution in [2.45, 2.75) is 40.0 Å². The van der Waals surface area contributed by atoms with Crippen LogP contribution in [-0.4, -0.2) is 15.0 Å². The number of aromatic nitrogens is 3. The predicted octanol–water partition coefficient (Wildman–Crippen LogP) is 14.3. The third kappa shape index (κ3) is 6.05. The number of furan rings is 1. The molecule has 0 fully saturated rings. The van der Waals surface area contributed by atoms with Crippen molar-refractivity contribution in [1.82, 2.24) is 15.0 Å². The molecule has 4 heteroatoms. The standard InChI is InChI=1S/C53H41N3O/c1-32-29-33(2)31-35(30-32)38-26-28-46(42-16-9-7-14-40(38)42)51-54-50(55-52(56-51)47-19-12-18-44-43-17-10-11-20-48(43)57-49(44)47)45-27-25-37(39-13-6-8-15-41(39)45)34-21-23-36(24-22-34)53(3,4)5/h6-31H,1-5H3. The Bertz CT molecular complexity index is 3160. The summed E-state index contributed by atoms with van der Waals surface area (Å²) in [7, 11) is 0. The van der Waals surface area contributed by atoms with Crippen LogP contribution in [0.3, 0.4) is 0 Å². The molecule has 10 aromatic rings. The van der Waals surface area contributed by atoms with Crippen molar-refractivity contribution in [1.29, 1.82) is 0 Å². The summed E-state index contributed by atoms with van der Waals surface area (Å²) in [5.74, 6) is 1.78. The number of nitrogens with zero attached hydrogens (tertiary/aromatic N) is 3. The number of fused-ring (bicyclic) bond motifs is 5. The van der Waals surface area contributed by atoms with E-state index >= 15 is 0 Å². The summed E-state index contributed by atoms with van der Waals surface area (Å²) in [5, 5.41) is 6.55. The second-order valence-electron chi connectivity index (χ2n) is 16.2. The summed E-state index contributed by atoms with van der Waals surface area (Å²) in [4.78, 5) is 15.9. The van der Waals surface area contributed by atoms with Gasteiger partial charge in [0.2, 0.25) is 0 Å². The average Bonchev–Trinajstić information content (AvgIpc) is 3.61. The van der Waals surface area contributed by atoms with Crippen LogP contribution in [0.25, 0.3) is 99.9 Å². The van der Waals surface area contributed by atoms with Crippen LogP contribution in [-0.2, 0) is 5.41 Å². The summed E-state index contributed by atoms with van der Waals surface area (Å²) >= 11 is 0. The summed E-state index contributed by atoms with van der Waals surface area (Å²) in [6.07, 6.45) is 0. The molecule has 0 aliphatic rings. The number of hydrogen-bond acceptors (Lipinski definition) is 4. The van der Waals surface area contributed by atoms with Crippen LogP contribution in [0.1, 0.15) is 37.5 Å². The molecule has 0 amide bonds. The molecular formula is C53H41N3O. The summed E-state index contributed by atoms with van der Waals surface area (Å²) in [6.45, 7) is 11.1. The zero-order valence-electron chi connectivity index (χ0n) is 32.8. The molecule has 0 unspecified atom stereocenters. The molecule has 2 aromatic heterocycles. The van der Waals surface area contributed by atoms with Crippen LogP contribution in [0, 0.1) is 13.8 Å². The van der Waals surface area contributed by atoms with Crippen LogP contribution < -0.4 is 0 Å². The summed E-state index contributed by atoms with van der Waals surface area (Å²) < 4.78 is 6.55. The van der Waals surface area contributed by atoms with Gasteiger partial charge in [0.15, 0.2) is 17.5 Å². The van der Waals surface area contributed by atoms with Crippen molar-refractivity contribution in [3.63, 3.8) is 0 Å². The monoisotopic (exact) mass is 735 g/mol. The molecular weight excluding hydrogens is 695 g/mol. The first-order chi connectivity index (χ1) is 27.7. The number of rotatable bonds is 5. The molecule has 0 saturated carbocycles. The van der Waals surface area contributed by atoms with Gasteiger partial charge in [-0.3, -0.25) is 0 Å². The molecule has 2 heterocycles. The van der Waals surface area contributed by atoms with Gasteiger partial charge in [-0.05, 0) is 92.9 Å². The Kier molecular flexibility index (Phi) is 8.12. The van der Waals surface area contributed by atoms with Gasteiger partial charge in [0.05, 0.1) is 5.56 Å². The molecule has 0 spiro atoms. The van der Waals surface area contributed by atoms with E-state index in [0.717, 1.165) is 60.2 Å². The van der Waals surface area contributed by atoms with E-state index in [0.29, 0.717) is 17.5 Å². The van der Waals surface area contributed by atoms with E-state index in [2.05, 4.69) is 174 Å². The Balaban J connectivity index is 1.21. The number of para-hydroxylation sites is 2. The molecule has 57 heavy (non-hydrogen) atoms. The van der Waals surface area contributed by atoms with Gasteiger partial charge in [-0.15, -0.1) is 0 Å². The fraction of sp³-hybridized carbons (Fsp3) is 0.113. The molecule has 8 aromatic carbocycles.